The molecule has 1 aromatic carbocycles. The van der Waals surface area contributed by atoms with Gasteiger partial charge in [-0.15, -0.1) is 11.3 Å². The standard InChI is InChI=1S/C21H23N3O2S/c1-2-3-12-26-20-17(10-7-11-22-20)14-23-19(25)13-18-15-27-21(24-18)16-8-5-4-6-9-16/h4-11,15H,2-3,12-14H2,1H3,(H,23,25). The molecule has 2 aromatic heterocycles. The molecule has 1 amide bonds. The molecule has 0 atom stereocenters. The number of nitrogens with zero attached hydrogens (tertiary/aromatic N) is 2. The summed E-state index contributed by atoms with van der Waals surface area (Å²) < 4.78 is 5.71. The second-order valence-electron chi connectivity index (χ2n) is 6.13. The number of thiazole rings is 1. The highest BCUT2D eigenvalue weighted by atomic mass is 32.1. The molecule has 0 fully saturated rings. The number of pyridine rings is 1. The molecule has 0 saturated heterocycles. The van der Waals surface area contributed by atoms with E-state index in [1.807, 2.05) is 47.8 Å². The van der Waals surface area contributed by atoms with Crippen LogP contribution >= 0.6 is 11.3 Å². The van der Waals surface area contributed by atoms with Crippen LogP contribution in [0.4, 0.5) is 0 Å². The van der Waals surface area contributed by atoms with Gasteiger partial charge in [-0.3, -0.25) is 4.79 Å². The first-order valence-corrected chi connectivity index (χ1v) is 9.97. The Morgan fingerprint density at radius 1 is 1.19 bits per heavy atom. The molecule has 27 heavy (non-hydrogen) atoms. The van der Waals surface area contributed by atoms with Gasteiger partial charge in [0.05, 0.1) is 18.7 Å². The van der Waals surface area contributed by atoms with E-state index in [-0.39, 0.29) is 12.3 Å². The van der Waals surface area contributed by atoms with Crippen molar-refractivity contribution in [2.45, 2.75) is 32.7 Å². The zero-order valence-corrected chi connectivity index (χ0v) is 16.2. The first kappa shape index (κ1) is 19.0. The van der Waals surface area contributed by atoms with Crippen molar-refractivity contribution < 1.29 is 9.53 Å². The monoisotopic (exact) mass is 381 g/mol. The van der Waals surface area contributed by atoms with Gasteiger partial charge in [0.25, 0.3) is 0 Å². The number of rotatable bonds is 9. The Morgan fingerprint density at radius 3 is 2.85 bits per heavy atom. The van der Waals surface area contributed by atoms with Crippen LogP contribution in [0.1, 0.15) is 31.0 Å². The summed E-state index contributed by atoms with van der Waals surface area (Å²) >= 11 is 1.55. The lowest BCUT2D eigenvalue weighted by Gasteiger charge is -2.10. The average molecular weight is 382 g/mol. The topological polar surface area (TPSA) is 64.1 Å². The lowest BCUT2D eigenvalue weighted by Crippen LogP contribution is -2.25. The van der Waals surface area contributed by atoms with Gasteiger partial charge in [0, 0.05) is 29.2 Å². The van der Waals surface area contributed by atoms with Crippen LogP contribution < -0.4 is 10.1 Å². The number of hydrogen-bond acceptors (Lipinski definition) is 5. The van der Waals surface area contributed by atoms with Crippen molar-refractivity contribution in [3.8, 4) is 16.5 Å². The van der Waals surface area contributed by atoms with Crippen LogP contribution in [0.25, 0.3) is 10.6 Å². The lowest BCUT2D eigenvalue weighted by molar-refractivity contribution is -0.120. The fourth-order valence-electron chi connectivity index (χ4n) is 2.52. The van der Waals surface area contributed by atoms with Crippen LogP contribution in [0.5, 0.6) is 5.88 Å². The highest BCUT2D eigenvalue weighted by molar-refractivity contribution is 7.13. The van der Waals surface area contributed by atoms with Crippen LogP contribution in [-0.4, -0.2) is 22.5 Å². The first-order valence-electron chi connectivity index (χ1n) is 9.09. The number of unbranched alkanes of at least 4 members (excludes halogenated alkanes) is 1. The molecule has 0 aliphatic carbocycles. The Labute approximate surface area is 163 Å². The van der Waals surface area contributed by atoms with Crippen LogP contribution in [0.15, 0.2) is 54.0 Å². The summed E-state index contributed by atoms with van der Waals surface area (Å²) in [6.45, 7) is 3.14. The molecule has 3 aromatic rings. The molecular weight excluding hydrogens is 358 g/mol. The summed E-state index contributed by atoms with van der Waals surface area (Å²) in [6, 6.07) is 13.8. The van der Waals surface area contributed by atoms with Crippen LogP contribution in [0.2, 0.25) is 0 Å². The first-order chi connectivity index (χ1) is 13.3. The number of hydrogen-bond donors (Lipinski definition) is 1. The Hall–Kier alpha value is -2.73. The number of carbonyl (C=O) groups is 1. The molecule has 2 heterocycles. The van der Waals surface area contributed by atoms with Crippen molar-refractivity contribution in [2.24, 2.45) is 0 Å². The van der Waals surface area contributed by atoms with Gasteiger partial charge in [-0.25, -0.2) is 9.97 Å². The molecule has 0 aliphatic heterocycles. The minimum atomic E-state index is -0.0664. The molecule has 0 saturated carbocycles. The van der Waals surface area contributed by atoms with Gasteiger partial charge >= 0.3 is 0 Å². The smallest absolute Gasteiger partial charge is 0.226 e. The number of benzene rings is 1. The van der Waals surface area contributed by atoms with Gasteiger partial charge in [0.1, 0.15) is 5.01 Å². The molecule has 5 nitrogen and oxygen atoms in total. The van der Waals surface area contributed by atoms with E-state index in [0.29, 0.717) is 19.0 Å². The predicted octanol–water partition coefficient (Wildman–Crippen LogP) is 4.24. The van der Waals surface area contributed by atoms with E-state index in [0.717, 1.165) is 34.7 Å². The third kappa shape index (κ3) is 5.62. The van der Waals surface area contributed by atoms with Crippen molar-refractivity contribution in [1.29, 1.82) is 0 Å². The predicted molar refractivity (Wildman–Crippen MR) is 108 cm³/mol. The maximum absolute atomic E-state index is 12.3. The number of amides is 1. The SMILES string of the molecule is CCCCOc1ncccc1CNC(=O)Cc1csc(-c2ccccc2)n1. The molecule has 0 radical (unpaired) electrons. The number of ether oxygens (including phenoxy) is 1. The van der Waals surface area contributed by atoms with Crippen LogP contribution in [0, 0.1) is 0 Å². The normalized spacial score (nSPS) is 10.6. The van der Waals surface area contributed by atoms with Crippen molar-refractivity contribution in [3.63, 3.8) is 0 Å². The van der Waals surface area contributed by atoms with E-state index >= 15 is 0 Å². The maximum Gasteiger partial charge on any atom is 0.226 e. The molecule has 3 rings (SSSR count). The Kier molecular flexibility index (Phi) is 6.93. The zero-order valence-electron chi connectivity index (χ0n) is 15.4. The minimum Gasteiger partial charge on any atom is -0.477 e. The van der Waals surface area contributed by atoms with Gasteiger partial charge < -0.3 is 10.1 Å². The van der Waals surface area contributed by atoms with E-state index < -0.39 is 0 Å². The minimum absolute atomic E-state index is 0.0664. The summed E-state index contributed by atoms with van der Waals surface area (Å²) in [5, 5.41) is 5.80. The Morgan fingerprint density at radius 2 is 2.04 bits per heavy atom. The number of carbonyl (C=O) groups excluding carboxylic acids is 1. The summed E-state index contributed by atoms with van der Waals surface area (Å²) in [4.78, 5) is 21.1. The lowest BCUT2D eigenvalue weighted by atomic mass is 10.2. The largest absolute Gasteiger partial charge is 0.477 e. The molecule has 140 valence electrons. The van der Waals surface area contributed by atoms with E-state index in [4.69, 9.17) is 4.74 Å². The summed E-state index contributed by atoms with van der Waals surface area (Å²) in [7, 11) is 0. The average Bonchev–Trinajstić information content (AvgIpc) is 3.16. The van der Waals surface area contributed by atoms with E-state index in [1.54, 1.807) is 17.5 Å². The Balaban J connectivity index is 1.54. The molecule has 0 unspecified atom stereocenters. The van der Waals surface area contributed by atoms with E-state index in [2.05, 4.69) is 22.2 Å². The van der Waals surface area contributed by atoms with Crippen molar-refractivity contribution >= 4 is 17.2 Å². The van der Waals surface area contributed by atoms with Crippen LogP contribution in [0.3, 0.4) is 0 Å². The molecule has 1 N–H and O–H groups in total. The summed E-state index contributed by atoms with van der Waals surface area (Å²) in [6.07, 6.45) is 4.01. The highest BCUT2D eigenvalue weighted by Gasteiger charge is 2.11. The van der Waals surface area contributed by atoms with Gasteiger partial charge in [0.15, 0.2) is 0 Å². The zero-order chi connectivity index (χ0) is 18.9. The van der Waals surface area contributed by atoms with Crippen molar-refractivity contribution in [3.05, 3.63) is 65.3 Å². The Bertz CT molecular complexity index is 865. The second-order valence-corrected chi connectivity index (χ2v) is 6.99. The summed E-state index contributed by atoms with van der Waals surface area (Å²) in [5.74, 6) is 0.523. The third-order valence-electron chi connectivity index (χ3n) is 3.98. The second kappa shape index (κ2) is 9.83. The van der Waals surface area contributed by atoms with Crippen molar-refractivity contribution in [1.82, 2.24) is 15.3 Å². The van der Waals surface area contributed by atoms with Gasteiger partial charge in [-0.2, -0.15) is 0 Å². The van der Waals surface area contributed by atoms with Gasteiger partial charge in [0.2, 0.25) is 11.8 Å². The number of aromatic nitrogens is 2. The van der Waals surface area contributed by atoms with Crippen LogP contribution in [-0.2, 0) is 17.8 Å². The third-order valence-corrected chi connectivity index (χ3v) is 4.92. The molecule has 0 spiro atoms. The maximum atomic E-state index is 12.3. The fourth-order valence-corrected chi connectivity index (χ4v) is 3.35. The van der Waals surface area contributed by atoms with Gasteiger partial charge in [-0.1, -0.05) is 49.7 Å². The highest BCUT2D eigenvalue weighted by Crippen LogP contribution is 2.23. The fraction of sp³-hybridized carbons (Fsp3) is 0.286. The molecule has 6 heteroatoms. The molecular formula is C21H23N3O2S. The number of nitrogens with one attached hydrogen (secondary N) is 1. The molecule has 0 aliphatic rings. The van der Waals surface area contributed by atoms with E-state index in [1.165, 1.54) is 0 Å². The summed E-state index contributed by atoms with van der Waals surface area (Å²) in [5.41, 5.74) is 2.73. The molecule has 0 bridgehead atoms. The quantitative estimate of drug-likeness (QED) is 0.563. The van der Waals surface area contributed by atoms with Gasteiger partial charge in [-0.05, 0) is 12.5 Å². The van der Waals surface area contributed by atoms with Crippen molar-refractivity contribution in [2.75, 3.05) is 6.61 Å². The van der Waals surface area contributed by atoms with E-state index in [9.17, 15) is 4.79 Å².